The summed E-state index contributed by atoms with van der Waals surface area (Å²) in [5, 5.41) is 9.99. The van der Waals surface area contributed by atoms with Crippen LogP contribution in [0.25, 0.3) is 11.0 Å². The normalized spacial score (nSPS) is 11.3. The van der Waals surface area contributed by atoms with Gasteiger partial charge in [0.15, 0.2) is 0 Å². The van der Waals surface area contributed by atoms with Crippen LogP contribution in [-0.4, -0.2) is 29.6 Å². The Bertz CT molecular complexity index is 559. The minimum atomic E-state index is -0.931. The highest BCUT2D eigenvalue weighted by Crippen LogP contribution is 2.26. The molecular formula is C14H17NO3. The molecule has 0 bridgehead atoms. The average molecular weight is 247 g/mol. The molecular weight excluding hydrogens is 230 g/mol. The topological polar surface area (TPSA) is 53.7 Å². The second-order valence-electron chi connectivity index (χ2n) is 4.44. The summed E-state index contributed by atoms with van der Waals surface area (Å²) < 4.78 is 5.65. The number of fused-ring (bicyclic) bond motifs is 1. The van der Waals surface area contributed by atoms with Crippen molar-refractivity contribution in [2.45, 2.75) is 19.9 Å². The third-order valence-corrected chi connectivity index (χ3v) is 2.90. The van der Waals surface area contributed by atoms with E-state index in [1.165, 1.54) is 0 Å². The van der Waals surface area contributed by atoms with Gasteiger partial charge in [-0.3, -0.25) is 4.90 Å². The zero-order chi connectivity index (χ0) is 13.1. The van der Waals surface area contributed by atoms with Crippen molar-refractivity contribution in [3.63, 3.8) is 0 Å². The van der Waals surface area contributed by atoms with Crippen LogP contribution in [0, 0.1) is 0 Å². The lowest BCUT2D eigenvalue weighted by molar-refractivity contribution is 0.0695. The van der Waals surface area contributed by atoms with E-state index >= 15 is 0 Å². The van der Waals surface area contributed by atoms with Crippen molar-refractivity contribution in [1.29, 1.82) is 0 Å². The maximum atomic E-state index is 11.4. The molecule has 0 aliphatic carbocycles. The number of benzene rings is 1. The van der Waals surface area contributed by atoms with E-state index in [9.17, 15) is 9.90 Å². The number of nitrogens with zero attached hydrogens (tertiary/aromatic N) is 1. The second-order valence-corrected chi connectivity index (χ2v) is 4.44. The van der Waals surface area contributed by atoms with Gasteiger partial charge >= 0.3 is 5.97 Å². The number of hydrogen-bond acceptors (Lipinski definition) is 3. The van der Waals surface area contributed by atoms with Crippen molar-refractivity contribution < 1.29 is 14.3 Å². The van der Waals surface area contributed by atoms with Crippen molar-refractivity contribution in [1.82, 2.24) is 4.90 Å². The molecule has 96 valence electrons. The van der Waals surface area contributed by atoms with Gasteiger partial charge in [0, 0.05) is 5.39 Å². The molecule has 1 aromatic carbocycles. The number of carbonyl (C=O) groups is 1. The first-order valence-corrected chi connectivity index (χ1v) is 6.05. The summed E-state index contributed by atoms with van der Waals surface area (Å²) in [6, 6.07) is 7.25. The first-order valence-electron chi connectivity index (χ1n) is 6.05. The number of aromatic carboxylic acids is 1. The fraction of sp³-hybridized carbons (Fsp3) is 0.357. The molecule has 0 atom stereocenters. The highest BCUT2D eigenvalue weighted by molar-refractivity contribution is 6.03. The fourth-order valence-electron chi connectivity index (χ4n) is 2.15. The number of carboxylic acid groups (broad SMARTS) is 1. The van der Waals surface area contributed by atoms with Crippen LogP contribution in [-0.2, 0) is 6.54 Å². The van der Waals surface area contributed by atoms with Gasteiger partial charge in [-0.15, -0.1) is 0 Å². The largest absolute Gasteiger partial charge is 0.478 e. The highest BCUT2D eigenvalue weighted by atomic mass is 16.4. The number of furan rings is 1. The zero-order valence-electron chi connectivity index (χ0n) is 10.6. The molecule has 0 aliphatic heterocycles. The van der Waals surface area contributed by atoms with Crippen LogP contribution >= 0.6 is 0 Å². The Kier molecular flexibility index (Phi) is 3.67. The molecule has 0 saturated heterocycles. The van der Waals surface area contributed by atoms with Gasteiger partial charge in [-0.2, -0.15) is 0 Å². The van der Waals surface area contributed by atoms with Gasteiger partial charge in [0.05, 0.1) is 6.54 Å². The van der Waals surface area contributed by atoms with Crippen molar-refractivity contribution in [2.75, 3.05) is 13.6 Å². The van der Waals surface area contributed by atoms with Crippen LogP contribution in [0.5, 0.6) is 0 Å². The summed E-state index contributed by atoms with van der Waals surface area (Å²) in [5.41, 5.74) is 0.920. The molecule has 1 heterocycles. The summed E-state index contributed by atoms with van der Waals surface area (Å²) >= 11 is 0. The Morgan fingerprint density at radius 1 is 1.39 bits per heavy atom. The Balaban J connectivity index is 2.43. The Morgan fingerprint density at radius 3 is 2.78 bits per heavy atom. The SMILES string of the molecule is CCCN(C)Cc1oc2ccccc2c1C(=O)O. The number of hydrogen-bond donors (Lipinski definition) is 1. The summed E-state index contributed by atoms with van der Waals surface area (Å²) in [4.78, 5) is 13.4. The van der Waals surface area contributed by atoms with Crippen LogP contribution in [0.15, 0.2) is 28.7 Å². The van der Waals surface area contributed by atoms with Gasteiger partial charge < -0.3 is 9.52 Å². The third-order valence-electron chi connectivity index (χ3n) is 2.90. The van der Waals surface area contributed by atoms with E-state index in [2.05, 4.69) is 11.8 Å². The molecule has 0 unspecified atom stereocenters. The van der Waals surface area contributed by atoms with Crippen LogP contribution in [0.2, 0.25) is 0 Å². The summed E-state index contributed by atoms with van der Waals surface area (Å²) in [6.45, 7) is 3.52. The minimum Gasteiger partial charge on any atom is -0.478 e. The number of para-hydroxylation sites is 1. The molecule has 1 aromatic heterocycles. The van der Waals surface area contributed by atoms with Gasteiger partial charge in [0.2, 0.25) is 0 Å². The molecule has 0 amide bonds. The monoisotopic (exact) mass is 247 g/mol. The van der Waals surface area contributed by atoms with E-state index in [0.29, 0.717) is 23.3 Å². The third kappa shape index (κ3) is 2.38. The maximum Gasteiger partial charge on any atom is 0.339 e. The number of rotatable bonds is 5. The lowest BCUT2D eigenvalue weighted by Gasteiger charge is -2.13. The summed E-state index contributed by atoms with van der Waals surface area (Å²) in [5.74, 6) is -0.403. The van der Waals surface area contributed by atoms with Crippen molar-refractivity contribution in [3.8, 4) is 0 Å². The molecule has 18 heavy (non-hydrogen) atoms. The lowest BCUT2D eigenvalue weighted by atomic mass is 10.1. The predicted molar refractivity (Wildman–Crippen MR) is 69.8 cm³/mol. The molecule has 0 aliphatic rings. The fourth-order valence-corrected chi connectivity index (χ4v) is 2.15. The van der Waals surface area contributed by atoms with Gasteiger partial charge in [-0.25, -0.2) is 4.79 Å². The van der Waals surface area contributed by atoms with Gasteiger partial charge in [-0.1, -0.05) is 25.1 Å². The van der Waals surface area contributed by atoms with Gasteiger partial charge in [-0.05, 0) is 26.1 Å². The van der Waals surface area contributed by atoms with Gasteiger partial charge in [0.1, 0.15) is 16.9 Å². The molecule has 2 aromatic rings. The first-order chi connectivity index (χ1) is 8.63. The molecule has 0 saturated carbocycles. The average Bonchev–Trinajstić information content (AvgIpc) is 2.66. The predicted octanol–water partition coefficient (Wildman–Crippen LogP) is 2.97. The molecule has 2 rings (SSSR count). The molecule has 1 N–H and O–H groups in total. The minimum absolute atomic E-state index is 0.286. The quantitative estimate of drug-likeness (QED) is 0.882. The van der Waals surface area contributed by atoms with Crippen molar-refractivity contribution in [3.05, 3.63) is 35.6 Å². The zero-order valence-corrected chi connectivity index (χ0v) is 10.6. The van der Waals surface area contributed by atoms with Crippen LogP contribution < -0.4 is 0 Å². The van der Waals surface area contributed by atoms with E-state index < -0.39 is 5.97 Å². The van der Waals surface area contributed by atoms with E-state index in [1.807, 2.05) is 19.2 Å². The second kappa shape index (κ2) is 5.23. The lowest BCUT2D eigenvalue weighted by Crippen LogP contribution is -2.19. The van der Waals surface area contributed by atoms with Crippen LogP contribution in [0.1, 0.15) is 29.5 Å². The van der Waals surface area contributed by atoms with Gasteiger partial charge in [0.25, 0.3) is 0 Å². The Hall–Kier alpha value is -1.81. The van der Waals surface area contributed by atoms with Crippen LogP contribution in [0.4, 0.5) is 0 Å². The van der Waals surface area contributed by atoms with Crippen molar-refractivity contribution >= 4 is 16.9 Å². The highest BCUT2D eigenvalue weighted by Gasteiger charge is 2.20. The molecule has 4 nitrogen and oxygen atoms in total. The molecule has 0 fully saturated rings. The summed E-state index contributed by atoms with van der Waals surface area (Å²) in [7, 11) is 1.96. The molecule has 0 radical (unpaired) electrons. The van der Waals surface area contributed by atoms with E-state index in [1.54, 1.807) is 12.1 Å². The number of carboxylic acids is 1. The summed E-state index contributed by atoms with van der Waals surface area (Å²) in [6.07, 6.45) is 1.03. The Labute approximate surface area is 106 Å². The van der Waals surface area contributed by atoms with Crippen LogP contribution in [0.3, 0.4) is 0 Å². The maximum absolute atomic E-state index is 11.4. The standard InChI is InChI=1S/C14H17NO3/c1-3-8-15(2)9-12-13(14(16)17)10-6-4-5-7-11(10)18-12/h4-7H,3,8-9H2,1-2H3,(H,16,17). The molecule has 4 heteroatoms. The van der Waals surface area contributed by atoms with E-state index in [0.717, 1.165) is 13.0 Å². The first kappa shape index (κ1) is 12.6. The smallest absolute Gasteiger partial charge is 0.339 e. The van der Waals surface area contributed by atoms with E-state index in [4.69, 9.17) is 4.42 Å². The van der Waals surface area contributed by atoms with E-state index in [-0.39, 0.29) is 5.56 Å². The Morgan fingerprint density at radius 2 is 2.11 bits per heavy atom. The van der Waals surface area contributed by atoms with Crippen molar-refractivity contribution in [2.24, 2.45) is 0 Å². The molecule has 0 spiro atoms.